The number of nitro groups is 1. The Hall–Kier alpha value is -4.04. The number of hydrogen-bond donors (Lipinski definition) is 2. The van der Waals surface area contributed by atoms with Crippen molar-refractivity contribution in [1.29, 1.82) is 0 Å². The van der Waals surface area contributed by atoms with Crippen LogP contribution >= 0.6 is 0 Å². The van der Waals surface area contributed by atoms with E-state index in [0.717, 1.165) is 21.9 Å². The van der Waals surface area contributed by atoms with Crippen LogP contribution in [0.25, 0.3) is 21.8 Å². The number of nitrogens with one attached hydrogen (secondary N) is 1. The Kier molecular flexibility index (Phi) is 6.70. The molecule has 3 aromatic carbocycles. The van der Waals surface area contributed by atoms with Crippen LogP contribution < -0.4 is 11.1 Å². The average Bonchev–Trinajstić information content (AvgIpc) is 2.84. The van der Waals surface area contributed by atoms with E-state index >= 15 is 0 Å². The van der Waals surface area contributed by atoms with Gasteiger partial charge < -0.3 is 11.1 Å². The summed E-state index contributed by atoms with van der Waals surface area (Å²) in [5.41, 5.74) is 10.6. The lowest BCUT2D eigenvalue weighted by atomic mass is 10.0. The number of pyridine rings is 1. The molecular weight excluding hydrogens is 430 g/mol. The Morgan fingerprint density at radius 2 is 1.76 bits per heavy atom. The van der Waals surface area contributed by atoms with Gasteiger partial charge in [-0.15, -0.1) is 0 Å². The molecule has 0 aliphatic rings. The summed E-state index contributed by atoms with van der Waals surface area (Å²) in [4.78, 5) is 30.8. The number of aromatic nitrogens is 1. The SMILES string of the molecule is CCN(CCNC(=O)c1cccc2c(N)c3cccc(C)c3nc12)Cc1ccccc1[N+](=O)[O-]. The third-order valence-electron chi connectivity index (χ3n) is 6.07. The molecule has 0 unspecified atom stereocenters. The van der Waals surface area contributed by atoms with Gasteiger partial charge in [0.05, 0.1) is 27.2 Å². The summed E-state index contributed by atoms with van der Waals surface area (Å²) >= 11 is 0. The Morgan fingerprint density at radius 3 is 2.50 bits per heavy atom. The van der Waals surface area contributed by atoms with Crippen molar-refractivity contribution in [3.05, 3.63) is 87.5 Å². The number of nitrogen functional groups attached to an aromatic ring is 1. The summed E-state index contributed by atoms with van der Waals surface area (Å²) in [7, 11) is 0. The van der Waals surface area contributed by atoms with Gasteiger partial charge in [0, 0.05) is 42.0 Å². The second kappa shape index (κ2) is 9.84. The molecule has 0 aliphatic heterocycles. The molecule has 34 heavy (non-hydrogen) atoms. The summed E-state index contributed by atoms with van der Waals surface area (Å²) < 4.78 is 0. The number of hydrogen-bond acceptors (Lipinski definition) is 6. The molecular formula is C26H27N5O3. The number of para-hydroxylation sites is 3. The van der Waals surface area contributed by atoms with Crippen LogP contribution in [0.1, 0.15) is 28.4 Å². The Morgan fingerprint density at radius 1 is 1.06 bits per heavy atom. The molecule has 0 saturated carbocycles. The van der Waals surface area contributed by atoms with Crippen molar-refractivity contribution in [3.63, 3.8) is 0 Å². The highest BCUT2D eigenvalue weighted by atomic mass is 16.6. The zero-order valence-electron chi connectivity index (χ0n) is 19.2. The van der Waals surface area contributed by atoms with Gasteiger partial charge in [0.25, 0.3) is 11.6 Å². The largest absolute Gasteiger partial charge is 0.398 e. The molecule has 0 fully saturated rings. The number of carbonyl (C=O) groups is 1. The van der Waals surface area contributed by atoms with Gasteiger partial charge in [-0.2, -0.15) is 0 Å². The minimum absolute atomic E-state index is 0.104. The average molecular weight is 458 g/mol. The van der Waals surface area contributed by atoms with E-state index in [9.17, 15) is 14.9 Å². The predicted octanol–water partition coefficient (Wildman–Crippen LogP) is 4.44. The molecule has 4 aromatic rings. The van der Waals surface area contributed by atoms with Crippen LogP contribution in [0.5, 0.6) is 0 Å². The number of fused-ring (bicyclic) bond motifs is 2. The molecule has 8 heteroatoms. The lowest BCUT2D eigenvalue weighted by molar-refractivity contribution is -0.385. The molecule has 1 heterocycles. The summed E-state index contributed by atoms with van der Waals surface area (Å²) in [5, 5.41) is 15.9. The molecule has 1 amide bonds. The van der Waals surface area contributed by atoms with Gasteiger partial charge in [-0.1, -0.05) is 55.5 Å². The smallest absolute Gasteiger partial charge is 0.273 e. The number of amides is 1. The first-order chi connectivity index (χ1) is 16.4. The molecule has 4 rings (SSSR count). The molecule has 0 radical (unpaired) electrons. The summed E-state index contributed by atoms with van der Waals surface area (Å²) in [6.45, 7) is 6.03. The first-order valence-corrected chi connectivity index (χ1v) is 11.2. The van der Waals surface area contributed by atoms with Crippen molar-refractivity contribution >= 4 is 39.1 Å². The maximum Gasteiger partial charge on any atom is 0.273 e. The topological polar surface area (TPSA) is 114 Å². The van der Waals surface area contributed by atoms with E-state index in [2.05, 4.69) is 10.2 Å². The van der Waals surface area contributed by atoms with Crippen molar-refractivity contribution in [3.8, 4) is 0 Å². The fourth-order valence-corrected chi connectivity index (χ4v) is 4.18. The van der Waals surface area contributed by atoms with Gasteiger partial charge in [-0.25, -0.2) is 4.98 Å². The van der Waals surface area contributed by atoms with Gasteiger partial charge in [0.1, 0.15) is 0 Å². The van der Waals surface area contributed by atoms with Gasteiger partial charge in [-0.05, 0) is 25.1 Å². The molecule has 174 valence electrons. The third kappa shape index (κ3) is 4.53. The molecule has 0 spiro atoms. The highest BCUT2D eigenvalue weighted by molar-refractivity contribution is 6.13. The highest BCUT2D eigenvalue weighted by Gasteiger charge is 2.17. The van der Waals surface area contributed by atoms with E-state index in [1.54, 1.807) is 24.3 Å². The van der Waals surface area contributed by atoms with Gasteiger partial charge in [0.2, 0.25) is 0 Å². The van der Waals surface area contributed by atoms with E-state index in [0.29, 0.717) is 48.5 Å². The molecule has 3 N–H and O–H groups in total. The number of benzene rings is 3. The number of likely N-dealkylation sites (N-methyl/N-ethyl adjacent to an activating group) is 1. The zero-order valence-corrected chi connectivity index (χ0v) is 19.2. The minimum Gasteiger partial charge on any atom is -0.398 e. The van der Waals surface area contributed by atoms with Gasteiger partial charge in [-0.3, -0.25) is 19.8 Å². The number of nitrogens with zero attached hydrogens (tertiary/aromatic N) is 3. The van der Waals surface area contributed by atoms with Crippen molar-refractivity contribution in [2.75, 3.05) is 25.4 Å². The quantitative estimate of drug-likeness (QED) is 0.230. The standard InChI is InChI=1S/C26H27N5O3/c1-3-30(16-18-9-4-5-13-22(18)31(33)34)15-14-28-26(32)21-12-7-11-20-23(27)19-10-6-8-17(2)24(19)29-25(20)21/h4-13H,3,14-16H2,1-2H3,(H2,27,29)(H,28,32). The van der Waals surface area contributed by atoms with Gasteiger partial charge in [0.15, 0.2) is 0 Å². The van der Waals surface area contributed by atoms with Crippen LogP contribution in [-0.4, -0.2) is 40.3 Å². The fourth-order valence-electron chi connectivity index (χ4n) is 4.18. The van der Waals surface area contributed by atoms with E-state index in [-0.39, 0.29) is 16.5 Å². The normalized spacial score (nSPS) is 11.3. The van der Waals surface area contributed by atoms with E-state index in [1.807, 2.05) is 44.2 Å². The monoisotopic (exact) mass is 457 g/mol. The maximum absolute atomic E-state index is 13.1. The summed E-state index contributed by atoms with van der Waals surface area (Å²) in [6, 6.07) is 18.0. The zero-order chi connectivity index (χ0) is 24.2. The highest BCUT2D eigenvalue weighted by Crippen LogP contribution is 2.31. The summed E-state index contributed by atoms with van der Waals surface area (Å²) in [5.74, 6) is -0.229. The molecule has 8 nitrogen and oxygen atoms in total. The van der Waals surface area contributed by atoms with Gasteiger partial charge >= 0.3 is 0 Å². The molecule has 1 aromatic heterocycles. The van der Waals surface area contributed by atoms with Crippen molar-refractivity contribution < 1.29 is 9.72 Å². The van der Waals surface area contributed by atoms with Crippen LogP contribution in [0.4, 0.5) is 11.4 Å². The van der Waals surface area contributed by atoms with Crippen LogP contribution in [0.3, 0.4) is 0 Å². The maximum atomic E-state index is 13.1. The third-order valence-corrected chi connectivity index (χ3v) is 6.07. The number of nitro benzene ring substituents is 1. The van der Waals surface area contributed by atoms with Crippen LogP contribution in [0, 0.1) is 17.0 Å². The number of nitrogens with two attached hydrogens (primary N) is 1. The van der Waals surface area contributed by atoms with Crippen LogP contribution in [-0.2, 0) is 6.54 Å². The Labute approximate surface area is 197 Å². The first-order valence-electron chi connectivity index (χ1n) is 11.2. The van der Waals surface area contributed by atoms with E-state index < -0.39 is 0 Å². The molecule has 0 atom stereocenters. The van der Waals surface area contributed by atoms with E-state index in [4.69, 9.17) is 10.7 Å². The molecule has 0 bridgehead atoms. The fraction of sp³-hybridized carbons (Fsp3) is 0.231. The van der Waals surface area contributed by atoms with Crippen LogP contribution in [0.15, 0.2) is 60.7 Å². The predicted molar refractivity (Wildman–Crippen MR) is 135 cm³/mol. The van der Waals surface area contributed by atoms with Crippen LogP contribution in [0.2, 0.25) is 0 Å². The molecule has 0 saturated heterocycles. The second-order valence-electron chi connectivity index (χ2n) is 8.21. The van der Waals surface area contributed by atoms with Crippen molar-refractivity contribution in [1.82, 2.24) is 15.2 Å². The lowest BCUT2D eigenvalue weighted by Gasteiger charge is -2.20. The lowest BCUT2D eigenvalue weighted by Crippen LogP contribution is -2.34. The number of anilines is 1. The summed E-state index contributed by atoms with van der Waals surface area (Å²) in [6.07, 6.45) is 0. The van der Waals surface area contributed by atoms with Crippen molar-refractivity contribution in [2.45, 2.75) is 20.4 Å². The first kappa shape index (κ1) is 23.1. The Balaban J connectivity index is 1.51. The second-order valence-corrected chi connectivity index (χ2v) is 8.21. The number of rotatable bonds is 8. The number of carbonyl (C=O) groups excluding carboxylic acids is 1. The van der Waals surface area contributed by atoms with Crippen molar-refractivity contribution in [2.24, 2.45) is 0 Å². The Bertz CT molecular complexity index is 1390. The molecule has 0 aliphatic carbocycles. The minimum atomic E-state index is -0.365. The van der Waals surface area contributed by atoms with E-state index in [1.165, 1.54) is 6.07 Å². The number of aryl methyl sites for hydroxylation is 1.